The summed E-state index contributed by atoms with van der Waals surface area (Å²) in [6, 6.07) is 8.08. The first-order chi connectivity index (χ1) is 9.72. The van der Waals surface area contributed by atoms with E-state index in [4.69, 9.17) is 0 Å². The molecule has 0 unspecified atom stereocenters. The van der Waals surface area contributed by atoms with Crippen LogP contribution in [0.5, 0.6) is 0 Å². The van der Waals surface area contributed by atoms with E-state index in [2.05, 4.69) is 19.1 Å². The van der Waals surface area contributed by atoms with E-state index in [1.54, 1.807) is 12.1 Å². The largest absolute Gasteiger partial charge is 0.236 e. The number of benzene rings is 1. The van der Waals surface area contributed by atoms with Gasteiger partial charge in [0.2, 0.25) is 0 Å². The summed E-state index contributed by atoms with van der Waals surface area (Å²) >= 11 is 0. The zero-order valence-electron chi connectivity index (χ0n) is 13.2. The van der Waals surface area contributed by atoms with Crippen LogP contribution in [-0.2, 0) is 32.7 Å². The molecule has 21 heavy (non-hydrogen) atoms. The summed E-state index contributed by atoms with van der Waals surface area (Å²) in [4.78, 5) is 0. The van der Waals surface area contributed by atoms with Crippen LogP contribution in [0.1, 0.15) is 69.8 Å². The van der Waals surface area contributed by atoms with E-state index in [0.29, 0.717) is 5.92 Å². The van der Waals surface area contributed by atoms with Gasteiger partial charge in [0.1, 0.15) is 0 Å². The van der Waals surface area contributed by atoms with Crippen molar-refractivity contribution >= 4 is 0 Å². The maximum Gasteiger partial charge on any atom is 0.0111 e. The first-order valence-corrected chi connectivity index (χ1v) is 8.39. The Morgan fingerprint density at radius 3 is 2.10 bits per heavy atom. The third-order valence-corrected chi connectivity index (χ3v) is 5.76. The standard InChI is InChI=1S/C19H26F.Y/c1-14-5-7-15(8-6-14)16-9-11-17(12-10-16)18-3-2-4-19(20)13-18;/h2-3,13-17H,5-12H2,1H3;/q-1;. The van der Waals surface area contributed by atoms with Gasteiger partial charge in [0.25, 0.3) is 0 Å². The monoisotopic (exact) mass is 362 g/mol. The summed E-state index contributed by atoms with van der Waals surface area (Å²) in [5, 5.41) is 0. The van der Waals surface area contributed by atoms with Crippen molar-refractivity contribution in [2.24, 2.45) is 17.8 Å². The molecule has 0 heterocycles. The van der Waals surface area contributed by atoms with E-state index >= 15 is 0 Å². The summed E-state index contributed by atoms with van der Waals surface area (Å²) in [6.07, 6.45) is 11.0. The molecule has 0 saturated heterocycles. The van der Waals surface area contributed by atoms with Crippen LogP contribution in [0, 0.1) is 29.6 Å². The Morgan fingerprint density at radius 2 is 1.52 bits per heavy atom. The van der Waals surface area contributed by atoms with Crippen LogP contribution < -0.4 is 0 Å². The summed E-state index contributed by atoms with van der Waals surface area (Å²) < 4.78 is 13.3. The summed E-state index contributed by atoms with van der Waals surface area (Å²) in [5.41, 5.74) is 1.19. The molecule has 0 bridgehead atoms. The molecule has 2 saturated carbocycles. The molecular weight excluding hydrogens is 336 g/mol. The zero-order chi connectivity index (χ0) is 13.9. The Hall–Kier alpha value is 0.254. The number of halogens is 1. The number of hydrogen-bond donors (Lipinski definition) is 0. The van der Waals surface area contributed by atoms with Crippen molar-refractivity contribution in [3.8, 4) is 0 Å². The van der Waals surface area contributed by atoms with Crippen molar-refractivity contribution in [3.05, 3.63) is 35.6 Å². The van der Waals surface area contributed by atoms with Gasteiger partial charge in [0, 0.05) is 38.5 Å². The normalized spacial score (nSPS) is 33.2. The molecule has 0 aromatic heterocycles. The SMILES string of the molecule is CC1CCC(C2CCC(c3cc[c-]c(F)c3)CC2)CC1.[Y]. The van der Waals surface area contributed by atoms with Crippen LogP contribution in [0.25, 0.3) is 0 Å². The first kappa shape index (κ1) is 17.6. The molecule has 2 fully saturated rings. The topological polar surface area (TPSA) is 0 Å². The fourth-order valence-electron chi connectivity index (χ4n) is 4.39. The molecule has 2 aliphatic rings. The molecule has 1 aromatic carbocycles. The van der Waals surface area contributed by atoms with Crippen molar-refractivity contribution in [1.82, 2.24) is 0 Å². The maximum absolute atomic E-state index is 13.3. The van der Waals surface area contributed by atoms with Gasteiger partial charge >= 0.3 is 0 Å². The summed E-state index contributed by atoms with van der Waals surface area (Å²) in [7, 11) is 0. The molecule has 2 aliphatic carbocycles. The van der Waals surface area contributed by atoms with Gasteiger partial charge in [-0.05, 0) is 62.2 Å². The summed E-state index contributed by atoms with van der Waals surface area (Å²) in [6.45, 7) is 2.40. The Labute approximate surface area is 154 Å². The van der Waals surface area contributed by atoms with E-state index < -0.39 is 0 Å². The van der Waals surface area contributed by atoms with Crippen molar-refractivity contribution in [2.75, 3.05) is 0 Å². The van der Waals surface area contributed by atoms with Gasteiger partial charge in [0.05, 0.1) is 0 Å². The molecule has 0 N–H and O–H groups in total. The van der Waals surface area contributed by atoms with Crippen molar-refractivity contribution in [3.63, 3.8) is 0 Å². The van der Waals surface area contributed by atoms with Gasteiger partial charge in [0.15, 0.2) is 0 Å². The third kappa shape index (κ3) is 4.61. The molecule has 0 aliphatic heterocycles. The molecule has 1 aromatic rings. The van der Waals surface area contributed by atoms with E-state index in [9.17, 15) is 4.39 Å². The van der Waals surface area contributed by atoms with Gasteiger partial charge in [-0.3, -0.25) is 0 Å². The predicted octanol–water partition coefficient (Wildman–Crippen LogP) is 5.72. The van der Waals surface area contributed by atoms with Crippen LogP contribution in [-0.4, -0.2) is 0 Å². The quantitative estimate of drug-likeness (QED) is 0.590. The minimum Gasteiger partial charge on any atom is -0.236 e. The Bertz CT molecular complexity index is 429. The van der Waals surface area contributed by atoms with Crippen LogP contribution in [0.4, 0.5) is 4.39 Å². The third-order valence-electron chi connectivity index (χ3n) is 5.76. The van der Waals surface area contributed by atoms with Crippen LogP contribution in [0.15, 0.2) is 18.2 Å². The number of hydrogen-bond acceptors (Lipinski definition) is 0. The van der Waals surface area contributed by atoms with Crippen LogP contribution in [0.3, 0.4) is 0 Å². The van der Waals surface area contributed by atoms with Gasteiger partial charge in [-0.25, -0.2) is 4.39 Å². The second-order valence-electron chi connectivity index (χ2n) is 7.10. The maximum atomic E-state index is 13.3. The van der Waals surface area contributed by atoms with Crippen molar-refractivity contribution in [2.45, 2.75) is 64.2 Å². The van der Waals surface area contributed by atoms with E-state index in [1.807, 2.05) is 0 Å². The Balaban J connectivity index is 0.00000161. The molecule has 1 radical (unpaired) electrons. The smallest absolute Gasteiger partial charge is 0.0111 e. The van der Waals surface area contributed by atoms with Gasteiger partial charge in [-0.1, -0.05) is 19.8 Å². The van der Waals surface area contributed by atoms with E-state index in [1.165, 1.54) is 56.9 Å². The average Bonchev–Trinajstić information content (AvgIpc) is 2.48. The summed E-state index contributed by atoms with van der Waals surface area (Å²) in [5.74, 6) is 3.25. The van der Waals surface area contributed by atoms with Gasteiger partial charge in [-0.15, -0.1) is 12.1 Å². The minimum atomic E-state index is -0.203. The second-order valence-corrected chi connectivity index (χ2v) is 7.10. The molecular formula is C19H26FY-. The molecule has 113 valence electrons. The fourth-order valence-corrected chi connectivity index (χ4v) is 4.39. The molecule has 2 heteroatoms. The zero-order valence-corrected chi connectivity index (χ0v) is 16.0. The van der Waals surface area contributed by atoms with E-state index in [0.717, 1.165) is 17.8 Å². The molecule has 0 spiro atoms. The molecule has 0 atom stereocenters. The minimum absolute atomic E-state index is 0. The Kier molecular flexibility index (Phi) is 6.88. The van der Waals surface area contributed by atoms with Gasteiger partial charge in [-0.2, -0.15) is 17.7 Å². The first-order valence-electron chi connectivity index (χ1n) is 8.39. The number of rotatable bonds is 2. The second kappa shape index (κ2) is 8.20. The van der Waals surface area contributed by atoms with Crippen molar-refractivity contribution in [1.29, 1.82) is 0 Å². The molecule has 3 rings (SSSR count). The van der Waals surface area contributed by atoms with Crippen LogP contribution >= 0.6 is 0 Å². The Morgan fingerprint density at radius 1 is 0.952 bits per heavy atom. The predicted molar refractivity (Wildman–Crippen MR) is 81.1 cm³/mol. The van der Waals surface area contributed by atoms with Crippen molar-refractivity contribution < 1.29 is 37.1 Å². The van der Waals surface area contributed by atoms with E-state index in [-0.39, 0.29) is 38.5 Å². The van der Waals surface area contributed by atoms with Crippen LogP contribution in [0.2, 0.25) is 0 Å². The van der Waals surface area contributed by atoms with Gasteiger partial charge < -0.3 is 0 Å². The average molecular weight is 362 g/mol. The molecule has 0 nitrogen and oxygen atoms in total. The fraction of sp³-hybridized carbons (Fsp3) is 0.684. The molecule has 0 amide bonds.